The van der Waals surface area contributed by atoms with Crippen molar-refractivity contribution in [2.75, 3.05) is 6.26 Å². The van der Waals surface area contributed by atoms with Crippen molar-refractivity contribution in [1.82, 2.24) is 0 Å². The summed E-state index contributed by atoms with van der Waals surface area (Å²) in [5, 5.41) is 0.145. The van der Waals surface area contributed by atoms with Gasteiger partial charge in [0.15, 0.2) is 0 Å². The van der Waals surface area contributed by atoms with Crippen molar-refractivity contribution in [3.05, 3.63) is 34.6 Å². The summed E-state index contributed by atoms with van der Waals surface area (Å²) in [6, 6.07) is 4.11. The van der Waals surface area contributed by atoms with Gasteiger partial charge in [0.05, 0.1) is 6.26 Å². The zero-order valence-corrected chi connectivity index (χ0v) is 9.77. The molecule has 84 valence electrons. The number of benzene rings is 1. The quantitative estimate of drug-likeness (QED) is 0.777. The summed E-state index contributed by atoms with van der Waals surface area (Å²) < 4.78 is 39.6. The Morgan fingerprint density at radius 2 is 2.07 bits per heavy atom. The van der Waals surface area contributed by atoms with Crippen LogP contribution in [0.5, 0.6) is 0 Å². The van der Waals surface area contributed by atoms with Crippen molar-refractivity contribution in [3.63, 3.8) is 0 Å². The van der Waals surface area contributed by atoms with E-state index in [1.807, 2.05) is 0 Å². The molecule has 0 spiro atoms. The molecule has 1 aromatic rings. The van der Waals surface area contributed by atoms with Crippen LogP contribution in [0.2, 0.25) is 5.02 Å². The Hall–Kier alpha value is -0.650. The molecule has 0 bridgehead atoms. The van der Waals surface area contributed by atoms with E-state index in [1.165, 1.54) is 25.1 Å². The van der Waals surface area contributed by atoms with E-state index in [0.29, 0.717) is 0 Å². The summed E-state index contributed by atoms with van der Waals surface area (Å²) in [6.07, 6.45) is -0.0353. The van der Waals surface area contributed by atoms with Crippen LogP contribution in [0.15, 0.2) is 18.2 Å². The predicted octanol–water partition coefficient (Wildman–Crippen LogP) is 2.52. The molecule has 1 rings (SSSR count). The maximum Gasteiger partial charge on any atom is 0.264 e. The van der Waals surface area contributed by atoms with E-state index in [9.17, 15) is 12.8 Å². The van der Waals surface area contributed by atoms with Gasteiger partial charge < -0.3 is 0 Å². The van der Waals surface area contributed by atoms with E-state index in [2.05, 4.69) is 4.18 Å². The highest BCUT2D eigenvalue weighted by molar-refractivity contribution is 7.86. The molecule has 0 aliphatic heterocycles. The van der Waals surface area contributed by atoms with E-state index in [4.69, 9.17) is 11.6 Å². The molecule has 0 N–H and O–H groups in total. The van der Waals surface area contributed by atoms with Gasteiger partial charge in [0.1, 0.15) is 11.9 Å². The molecule has 1 atom stereocenters. The number of rotatable bonds is 3. The monoisotopic (exact) mass is 252 g/mol. The fourth-order valence-electron chi connectivity index (χ4n) is 1.21. The Kier molecular flexibility index (Phi) is 3.70. The third-order valence-corrected chi connectivity index (χ3v) is 2.69. The van der Waals surface area contributed by atoms with Gasteiger partial charge in [-0.3, -0.25) is 4.18 Å². The summed E-state index contributed by atoms with van der Waals surface area (Å²) in [7, 11) is -3.63. The smallest absolute Gasteiger partial charge is 0.262 e. The molecule has 0 radical (unpaired) electrons. The first-order chi connectivity index (χ1) is 6.81. The zero-order chi connectivity index (χ0) is 11.6. The van der Waals surface area contributed by atoms with Crippen LogP contribution < -0.4 is 0 Å². The Morgan fingerprint density at radius 1 is 1.47 bits per heavy atom. The molecule has 0 aliphatic rings. The van der Waals surface area contributed by atoms with E-state index in [0.717, 1.165) is 6.26 Å². The molecule has 15 heavy (non-hydrogen) atoms. The van der Waals surface area contributed by atoms with E-state index in [-0.39, 0.29) is 10.6 Å². The highest BCUT2D eigenvalue weighted by Crippen LogP contribution is 2.28. The van der Waals surface area contributed by atoms with Crippen molar-refractivity contribution < 1.29 is 17.0 Å². The van der Waals surface area contributed by atoms with Crippen LogP contribution in [0.1, 0.15) is 18.6 Å². The average molecular weight is 253 g/mol. The van der Waals surface area contributed by atoms with Crippen LogP contribution in [0, 0.1) is 5.82 Å². The summed E-state index contributed by atoms with van der Waals surface area (Å²) in [5.74, 6) is -0.585. The van der Waals surface area contributed by atoms with Crippen molar-refractivity contribution >= 4 is 21.7 Å². The Labute approximate surface area is 92.9 Å². The predicted molar refractivity (Wildman–Crippen MR) is 55.8 cm³/mol. The molecular formula is C9H10ClFO3S. The molecule has 0 saturated heterocycles. The van der Waals surface area contributed by atoms with Crippen molar-refractivity contribution in [3.8, 4) is 0 Å². The van der Waals surface area contributed by atoms with Crippen molar-refractivity contribution in [2.45, 2.75) is 13.0 Å². The van der Waals surface area contributed by atoms with E-state index < -0.39 is 22.0 Å². The second-order valence-corrected chi connectivity index (χ2v) is 5.09. The summed E-state index contributed by atoms with van der Waals surface area (Å²) in [5.41, 5.74) is 0.0459. The Morgan fingerprint density at radius 3 is 2.53 bits per heavy atom. The van der Waals surface area contributed by atoms with Gasteiger partial charge >= 0.3 is 0 Å². The number of hydrogen-bond donors (Lipinski definition) is 0. The minimum absolute atomic E-state index is 0.0459. The van der Waals surface area contributed by atoms with E-state index in [1.54, 1.807) is 0 Å². The van der Waals surface area contributed by atoms with Gasteiger partial charge in [0.25, 0.3) is 10.1 Å². The molecule has 0 amide bonds. The summed E-state index contributed by atoms with van der Waals surface area (Å²) in [6.45, 7) is 1.42. The molecule has 0 heterocycles. The SMILES string of the molecule is CC(OS(C)(=O)=O)c1c(F)cccc1Cl. The largest absolute Gasteiger partial charge is 0.264 e. The molecule has 0 fully saturated rings. The van der Waals surface area contributed by atoms with Crippen LogP contribution in [0.4, 0.5) is 4.39 Å². The molecule has 1 aromatic carbocycles. The topological polar surface area (TPSA) is 43.4 Å². The van der Waals surface area contributed by atoms with Crippen LogP contribution >= 0.6 is 11.6 Å². The molecule has 0 saturated carbocycles. The molecule has 3 nitrogen and oxygen atoms in total. The summed E-state index contributed by atoms with van der Waals surface area (Å²) >= 11 is 5.74. The van der Waals surface area contributed by atoms with Gasteiger partial charge in [-0.15, -0.1) is 0 Å². The fraction of sp³-hybridized carbons (Fsp3) is 0.333. The lowest BCUT2D eigenvalue weighted by Crippen LogP contribution is -2.09. The van der Waals surface area contributed by atoms with Crippen molar-refractivity contribution in [1.29, 1.82) is 0 Å². The van der Waals surface area contributed by atoms with Gasteiger partial charge in [0.2, 0.25) is 0 Å². The van der Waals surface area contributed by atoms with E-state index >= 15 is 0 Å². The lowest BCUT2D eigenvalue weighted by Gasteiger charge is -2.13. The van der Waals surface area contributed by atoms with Gasteiger partial charge in [0, 0.05) is 10.6 Å². The molecular weight excluding hydrogens is 243 g/mol. The lowest BCUT2D eigenvalue weighted by molar-refractivity contribution is 0.231. The first-order valence-corrected chi connectivity index (χ1v) is 6.33. The minimum Gasteiger partial charge on any atom is -0.262 e. The fourth-order valence-corrected chi connectivity index (χ4v) is 2.15. The maximum absolute atomic E-state index is 13.3. The first-order valence-electron chi connectivity index (χ1n) is 4.13. The molecule has 1 unspecified atom stereocenters. The van der Waals surface area contributed by atoms with Gasteiger partial charge in [-0.2, -0.15) is 8.42 Å². The van der Waals surface area contributed by atoms with Gasteiger partial charge in [-0.1, -0.05) is 17.7 Å². The van der Waals surface area contributed by atoms with Crippen LogP contribution in [-0.2, 0) is 14.3 Å². The molecule has 0 aromatic heterocycles. The Balaban J connectivity index is 3.06. The highest BCUT2D eigenvalue weighted by atomic mass is 35.5. The van der Waals surface area contributed by atoms with Crippen LogP contribution in [0.3, 0.4) is 0 Å². The van der Waals surface area contributed by atoms with Crippen molar-refractivity contribution in [2.24, 2.45) is 0 Å². The standard InChI is InChI=1S/C9H10ClFO3S/c1-6(14-15(2,12)13)9-7(10)4-3-5-8(9)11/h3-6H,1-2H3. The van der Waals surface area contributed by atoms with Gasteiger partial charge in [-0.25, -0.2) is 4.39 Å². The third kappa shape index (κ3) is 3.44. The first kappa shape index (κ1) is 12.4. The second kappa shape index (κ2) is 4.47. The Bertz CT molecular complexity index is 438. The molecule has 6 heteroatoms. The highest BCUT2D eigenvalue weighted by Gasteiger charge is 2.19. The third-order valence-electron chi connectivity index (χ3n) is 1.73. The zero-order valence-electron chi connectivity index (χ0n) is 8.20. The lowest BCUT2D eigenvalue weighted by atomic mass is 10.1. The summed E-state index contributed by atoms with van der Waals surface area (Å²) in [4.78, 5) is 0. The number of hydrogen-bond acceptors (Lipinski definition) is 3. The minimum atomic E-state index is -3.63. The normalized spacial score (nSPS) is 13.9. The number of halogens is 2. The van der Waals surface area contributed by atoms with Crippen LogP contribution in [0.25, 0.3) is 0 Å². The second-order valence-electron chi connectivity index (χ2n) is 3.08. The average Bonchev–Trinajstić information content (AvgIpc) is 1.99. The molecule has 0 aliphatic carbocycles. The van der Waals surface area contributed by atoms with Gasteiger partial charge in [-0.05, 0) is 19.1 Å². The maximum atomic E-state index is 13.3. The van der Waals surface area contributed by atoms with Crippen LogP contribution in [-0.4, -0.2) is 14.7 Å².